The minimum atomic E-state index is 0.377. The Bertz CT molecular complexity index is 470. The lowest BCUT2D eigenvalue weighted by Crippen LogP contribution is -2.44. The van der Waals surface area contributed by atoms with Gasteiger partial charge >= 0.3 is 0 Å². The van der Waals surface area contributed by atoms with Crippen LogP contribution in [0.4, 0.5) is 5.69 Å². The average molecular weight is 229 g/mol. The van der Waals surface area contributed by atoms with Crippen molar-refractivity contribution in [1.29, 1.82) is 0 Å². The number of rotatable bonds is 3. The number of aromatic nitrogens is 3. The number of nitrogens with zero attached hydrogens (tertiary/aromatic N) is 3. The SMILES string of the molecule is NC1CC(Nc2ccc(-n3cncn3)cc2)C1. The second-order valence-corrected chi connectivity index (χ2v) is 4.46. The summed E-state index contributed by atoms with van der Waals surface area (Å²) in [6, 6.07) is 9.07. The van der Waals surface area contributed by atoms with E-state index in [-0.39, 0.29) is 0 Å². The normalized spacial score (nSPS) is 23.1. The molecule has 1 aliphatic rings. The molecule has 0 spiro atoms. The molecule has 0 atom stereocenters. The van der Waals surface area contributed by atoms with Crippen molar-refractivity contribution in [1.82, 2.24) is 14.8 Å². The minimum absolute atomic E-state index is 0.377. The zero-order chi connectivity index (χ0) is 11.7. The first kappa shape index (κ1) is 10.3. The number of nitrogens with one attached hydrogen (secondary N) is 1. The van der Waals surface area contributed by atoms with E-state index in [1.807, 2.05) is 12.1 Å². The first-order valence-corrected chi connectivity index (χ1v) is 5.78. The number of hydrogen-bond acceptors (Lipinski definition) is 4. The first-order chi connectivity index (χ1) is 8.31. The first-order valence-electron chi connectivity index (χ1n) is 5.78. The minimum Gasteiger partial charge on any atom is -0.382 e. The second-order valence-electron chi connectivity index (χ2n) is 4.46. The molecule has 0 amide bonds. The lowest BCUT2D eigenvalue weighted by Gasteiger charge is -2.33. The maximum Gasteiger partial charge on any atom is 0.138 e. The Kier molecular flexibility index (Phi) is 2.53. The Morgan fingerprint density at radius 1 is 1.24 bits per heavy atom. The smallest absolute Gasteiger partial charge is 0.138 e. The van der Waals surface area contributed by atoms with Crippen LogP contribution < -0.4 is 11.1 Å². The summed E-state index contributed by atoms with van der Waals surface area (Å²) in [6.45, 7) is 0. The third-order valence-electron chi connectivity index (χ3n) is 3.10. The highest BCUT2D eigenvalue weighted by Gasteiger charge is 2.25. The highest BCUT2D eigenvalue weighted by molar-refractivity contribution is 5.49. The van der Waals surface area contributed by atoms with Crippen molar-refractivity contribution in [2.24, 2.45) is 5.73 Å². The largest absolute Gasteiger partial charge is 0.382 e. The van der Waals surface area contributed by atoms with Crippen LogP contribution in [0.3, 0.4) is 0 Å². The fourth-order valence-electron chi connectivity index (χ4n) is 2.07. The van der Waals surface area contributed by atoms with Gasteiger partial charge in [0.15, 0.2) is 0 Å². The van der Waals surface area contributed by atoms with Crippen molar-refractivity contribution < 1.29 is 0 Å². The van der Waals surface area contributed by atoms with Gasteiger partial charge in [-0.2, -0.15) is 5.10 Å². The molecule has 0 radical (unpaired) electrons. The summed E-state index contributed by atoms with van der Waals surface area (Å²) in [5, 5.41) is 7.54. The molecule has 1 aromatic carbocycles. The summed E-state index contributed by atoms with van der Waals surface area (Å²) in [7, 11) is 0. The highest BCUT2D eigenvalue weighted by Crippen LogP contribution is 2.23. The zero-order valence-corrected chi connectivity index (χ0v) is 9.45. The monoisotopic (exact) mass is 229 g/mol. The Balaban J connectivity index is 1.68. The van der Waals surface area contributed by atoms with E-state index in [1.165, 1.54) is 6.33 Å². The molecule has 1 heterocycles. The summed E-state index contributed by atoms with van der Waals surface area (Å²) in [6.07, 6.45) is 5.34. The van der Waals surface area contributed by atoms with Crippen molar-refractivity contribution in [3.8, 4) is 5.69 Å². The van der Waals surface area contributed by atoms with Gasteiger partial charge in [0.25, 0.3) is 0 Å². The van der Waals surface area contributed by atoms with Crippen molar-refractivity contribution in [2.45, 2.75) is 24.9 Å². The third kappa shape index (κ3) is 2.14. The van der Waals surface area contributed by atoms with Gasteiger partial charge in [-0.15, -0.1) is 0 Å². The molecule has 3 rings (SSSR count). The summed E-state index contributed by atoms with van der Waals surface area (Å²) in [5.74, 6) is 0. The number of anilines is 1. The van der Waals surface area contributed by atoms with Crippen molar-refractivity contribution >= 4 is 5.69 Å². The van der Waals surface area contributed by atoms with E-state index in [0.717, 1.165) is 24.2 Å². The Morgan fingerprint density at radius 3 is 2.59 bits per heavy atom. The van der Waals surface area contributed by atoms with E-state index in [0.29, 0.717) is 12.1 Å². The zero-order valence-electron chi connectivity index (χ0n) is 9.45. The predicted molar refractivity (Wildman–Crippen MR) is 66.0 cm³/mol. The van der Waals surface area contributed by atoms with Crippen LogP contribution in [0.5, 0.6) is 0 Å². The molecule has 17 heavy (non-hydrogen) atoms. The summed E-state index contributed by atoms with van der Waals surface area (Å²) in [4.78, 5) is 3.92. The topological polar surface area (TPSA) is 68.8 Å². The molecule has 5 nitrogen and oxygen atoms in total. The van der Waals surface area contributed by atoms with Gasteiger partial charge in [-0.05, 0) is 37.1 Å². The molecule has 5 heteroatoms. The summed E-state index contributed by atoms with van der Waals surface area (Å²) >= 11 is 0. The van der Waals surface area contributed by atoms with E-state index in [1.54, 1.807) is 11.0 Å². The van der Waals surface area contributed by atoms with Crippen LogP contribution in [-0.2, 0) is 0 Å². The van der Waals surface area contributed by atoms with E-state index in [2.05, 4.69) is 27.5 Å². The standard InChI is InChI=1S/C12H15N5/c13-9-5-11(6-9)16-10-1-3-12(4-2-10)17-8-14-7-15-17/h1-4,7-9,11,16H,5-6,13H2. The van der Waals surface area contributed by atoms with E-state index < -0.39 is 0 Å². The molecule has 1 fully saturated rings. The highest BCUT2D eigenvalue weighted by atomic mass is 15.3. The van der Waals surface area contributed by atoms with Crippen LogP contribution >= 0.6 is 0 Å². The van der Waals surface area contributed by atoms with Crippen LogP contribution in [0.15, 0.2) is 36.9 Å². The molecule has 2 aromatic rings. The van der Waals surface area contributed by atoms with Crippen LogP contribution in [0.25, 0.3) is 5.69 Å². The van der Waals surface area contributed by atoms with Crippen LogP contribution in [-0.4, -0.2) is 26.8 Å². The number of hydrogen-bond donors (Lipinski definition) is 2. The molecule has 0 aliphatic heterocycles. The Morgan fingerprint density at radius 2 is 2.00 bits per heavy atom. The molecule has 3 N–H and O–H groups in total. The number of nitrogens with two attached hydrogens (primary N) is 1. The Labute approximate surface area is 99.7 Å². The lowest BCUT2D eigenvalue weighted by molar-refractivity contribution is 0.373. The summed E-state index contributed by atoms with van der Waals surface area (Å²) < 4.78 is 1.74. The van der Waals surface area contributed by atoms with Gasteiger partial charge in [0.2, 0.25) is 0 Å². The van der Waals surface area contributed by atoms with Crippen LogP contribution in [0.2, 0.25) is 0 Å². The molecule has 1 aliphatic carbocycles. The maximum atomic E-state index is 5.75. The third-order valence-corrected chi connectivity index (χ3v) is 3.10. The molecular weight excluding hydrogens is 214 g/mol. The van der Waals surface area contributed by atoms with Crippen LogP contribution in [0, 0.1) is 0 Å². The Hall–Kier alpha value is -1.88. The lowest BCUT2D eigenvalue weighted by atomic mass is 9.87. The fourth-order valence-corrected chi connectivity index (χ4v) is 2.07. The van der Waals surface area contributed by atoms with Crippen molar-refractivity contribution in [3.63, 3.8) is 0 Å². The van der Waals surface area contributed by atoms with Crippen molar-refractivity contribution in [2.75, 3.05) is 5.32 Å². The average Bonchev–Trinajstić information content (AvgIpc) is 2.81. The molecule has 1 aromatic heterocycles. The molecule has 88 valence electrons. The molecular formula is C12H15N5. The van der Waals surface area contributed by atoms with Gasteiger partial charge in [-0.25, -0.2) is 9.67 Å². The quantitative estimate of drug-likeness (QED) is 0.829. The predicted octanol–water partition coefficient (Wildman–Crippen LogP) is 1.17. The van der Waals surface area contributed by atoms with Gasteiger partial charge in [0, 0.05) is 17.8 Å². The summed E-state index contributed by atoms with van der Waals surface area (Å²) in [5.41, 5.74) is 7.89. The van der Waals surface area contributed by atoms with Gasteiger partial charge in [-0.3, -0.25) is 0 Å². The van der Waals surface area contributed by atoms with Crippen LogP contribution in [0.1, 0.15) is 12.8 Å². The number of benzene rings is 1. The van der Waals surface area contributed by atoms with Gasteiger partial charge in [0.05, 0.1) is 5.69 Å². The van der Waals surface area contributed by atoms with Gasteiger partial charge in [-0.1, -0.05) is 0 Å². The van der Waals surface area contributed by atoms with Gasteiger partial charge < -0.3 is 11.1 Å². The van der Waals surface area contributed by atoms with Gasteiger partial charge in [0.1, 0.15) is 12.7 Å². The molecule has 0 bridgehead atoms. The molecule has 0 unspecified atom stereocenters. The molecule has 0 saturated heterocycles. The van der Waals surface area contributed by atoms with E-state index in [4.69, 9.17) is 5.73 Å². The van der Waals surface area contributed by atoms with Crippen molar-refractivity contribution in [3.05, 3.63) is 36.9 Å². The second kappa shape index (κ2) is 4.18. The molecule has 1 saturated carbocycles. The fraction of sp³-hybridized carbons (Fsp3) is 0.333. The van der Waals surface area contributed by atoms with E-state index in [9.17, 15) is 0 Å². The van der Waals surface area contributed by atoms with E-state index >= 15 is 0 Å². The maximum absolute atomic E-state index is 5.75.